The number of hydrogen-bond acceptors (Lipinski definition) is 2. The topological polar surface area (TPSA) is 29.9 Å². The molecule has 0 radical (unpaired) electrons. The Balaban J connectivity index is 2.18. The fraction of sp³-hybridized carbons (Fsp3) is 0.812. The van der Waals surface area contributed by atoms with Crippen molar-refractivity contribution < 1.29 is 0 Å². The van der Waals surface area contributed by atoms with Gasteiger partial charge in [0.15, 0.2) is 0 Å². The molecule has 0 aliphatic heterocycles. The number of aromatic nitrogens is 2. The van der Waals surface area contributed by atoms with E-state index in [2.05, 4.69) is 65.8 Å². The molecule has 1 heterocycles. The van der Waals surface area contributed by atoms with Crippen LogP contribution in [0.25, 0.3) is 0 Å². The zero-order valence-electron chi connectivity index (χ0n) is 13.5. The summed E-state index contributed by atoms with van der Waals surface area (Å²) in [7, 11) is 2.07. The van der Waals surface area contributed by atoms with Crippen LogP contribution in [0.15, 0.2) is 4.47 Å². The number of hydrogen-bond donors (Lipinski definition) is 1. The van der Waals surface area contributed by atoms with Crippen molar-refractivity contribution in [1.82, 2.24) is 15.1 Å². The van der Waals surface area contributed by atoms with Gasteiger partial charge in [-0.25, -0.2) is 0 Å². The Kier molecular flexibility index (Phi) is 4.96. The van der Waals surface area contributed by atoms with Gasteiger partial charge in [-0.1, -0.05) is 27.7 Å². The minimum absolute atomic E-state index is 0.339. The summed E-state index contributed by atoms with van der Waals surface area (Å²) in [5.41, 5.74) is 2.87. The Morgan fingerprint density at radius 1 is 1.45 bits per heavy atom. The number of aryl methyl sites for hydroxylation is 2. The van der Waals surface area contributed by atoms with Crippen molar-refractivity contribution in [3.05, 3.63) is 15.9 Å². The Morgan fingerprint density at radius 2 is 2.10 bits per heavy atom. The number of nitrogens with zero attached hydrogens (tertiary/aromatic N) is 2. The van der Waals surface area contributed by atoms with Crippen LogP contribution in [0.5, 0.6) is 0 Å². The highest BCUT2D eigenvalue weighted by molar-refractivity contribution is 9.10. The maximum atomic E-state index is 4.64. The van der Waals surface area contributed by atoms with Gasteiger partial charge in [-0.3, -0.25) is 4.68 Å². The molecule has 1 unspecified atom stereocenters. The van der Waals surface area contributed by atoms with Crippen LogP contribution in [0.1, 0.15) is 51.9 Å². The standard InChI is InChI=1S/C16H28BrN3/c1-6-13-15(17)14(20(5)19-13)9-16(4,12-7-8-12)10-18-11(2)3/h11-12,18H,6-10H2,1-5H3. The molecule has 0 saturated heterocycles. The molecule has 3 nitrogen and oxygen atoms in total. The minimum atomic E-state index is 0.339. The summed E-state index contributed by atoms with van der Waals surface area (Å²) in [6.07, 6.45) is 4.85. The van der Waals surface area contributed by atoms with Gasteiger partial charge in [0.05, 0.1) is 15.9 Å². The molecule has 1 saturated carbocycles. The van der Waals surface area contributed by atoms with Gasteiger partial charge in [0, 0.05) is 19.6 Å². The van der Waals surface area contributed by atoms with E-state index in [1.54, 1.807) is 0 Å². The minimum Gasteiger partial charge on any atom is -0.314 e. The fourth-order valence-electron chi connectivity index (χ4n) is 2.96. The van der Waals surface area contributed by atoms with E-state index in [0.29, 0.717) is 11.5 Å². The van der Waals surface area contributed by atoms with E-state index in [4.69, 9.17) is 0 Å². The highest BCUT2D eigenvalue weighted by Crippen LogP contribution is 2.47. The van der Waals surface area contributed by atoms with Crippen LogP contribution in [0.3, 0.4) is 0 Å². The van der Waals surface area contributed by atoms with Gasteiger partial charge in [-0.2, -0.15) is 5.10 Å². The number of halogens is 1. The number of nitrogens with one attached hydrogen (secondary N) is 1. The van der Waals surface area contributed by atoms with Gasteiger partial charge in [-0.15, -0.1) is 0 Å². The van der Waals surface area contributed by atoms with E-state index < -0.39 is 0 Å². The summed E-state index contributed by atoms with van der Waals surface area (Å²) in [6.45, 7) is 10.1. The van der Waals surface area contributed by atoms with E-state index in [-0.39, 0.29) is 0 Å². The van der Waals surface area contributed by atoms with Gasteiger partial charge < -0.3 is 5.32 Å². The molecule has 1 N–H and O–H groups in total. The first-order chi connectivity index (χ1) is 9.37. The van der Waals surface area contributed by atoms with Crippen LogP contribution in [0, 0.1) is 11.3 Å². The summed E-state index contributed by atoms with van der Waals surface area (Å²) in [5, 5.41) is 8.28. The van der Waals surface area contributed by atoms with Gasteiger partial charge >= 0.3 is 0 Å². The molecule has 1 aliphatic carbocycles. The second-order valence-electron chi connectivity index (χ2n) is 6.83. The quantitative estimate of drug-likeness (QED) is 0.819. The Morgan fingerprint density at radius 3 is 2.55 bits per heavy atom. The largest absolute Gasteiger partial charge is 0.314 e. The molecule has 1 atom stereocenters. The maximum Gasteiger partial charge on any atom is 0.0766 e. The summed E-state index contributed by atoms with van der Waals surface area (Å²) in [4.78, 5) is 0. The molecule has 2 rings (SSSR count). The summed E-state index contributed by atoms with van der Waals surface area (Å²) in [6, 6.07) is 0.550. The third-order valence-electron chi connectivity index (χ3n) is 4.55. The maximum absolute atomic E-state index is 4.64. The van der Waals surface area contributed by atoms with Crippen molar-refractivity contribution in [2.24, 2.45) is 18.4 Å². The van der Waals surface area contributed by atoms with Gasteiger partial charge in [0.2, 0.25) is 0 Å². The molecule has 1 aromatic rings. The van der Waals surface area contributed by atoms with Crippen molar-refractivity contribution >= 4 is 15.9 Å². The molecular formula is C16H28BrN3. The SMILES string of the molecule is CCc1nn(C)c(CC(C)(CNC(C)C)C2CC2)c1Br. The summed E-state index contributed by atoms with van der Waals surface area (Å²) < 4.78 is 3.29. The molecular weight excluding hydrogens is 314 g/mol. The van der Waals surface area contributed by atoms with Crippen molar-refractivity contribution in [3.63, 3.8) is 0 Å². The lowest BCUT2D eigenvalue weighted by Gasteiger charge is -2.31. The third-order valence-corrected chi connectivity index (χ3v) is 5.47. The first kappa shape index (κ1) is 16.0. The monoisotopic (exact) mass is 341 g/mol. The lowest BCUT2D eigenvalue weighted by atomic mass is 9.80. The highest BCUT2D eigenvalue weighted by atomic mass is 79.9. The molecule has 1 fully saturated rings. The van der Waals surface area contributed by atoms with Gasteiger partial charge in [-0.05, 0) is 52.9 Å². The zero-order chi connectivity index (χ0) is 14.9. The second kappa shape index (κ2) is 6.18. The Labute approximate surface area is 131 Å². The molecule has 1 aliphatic rings. The van der Waals surface area contributed by atoms with E-state index in [0.717, 1.165) is 25.3 Å². The number of rotatable bonds is 7. The summed E-state index contributed by atoms with van der Waals surface area (Å²) in [5.74, 6) is 0.862. The molecule has 0 bridgehead atoms. The molecule has 1 aromatic heterocycles. The van der Waals surface area contributed by atoms with Crippen molar-refractivity contribution in [2.75, 3.05) is 6.54 Å². The fourth-order valence-corrected chi connectivity index (χ4v) is 3.72. The predicted octanol–water partition coefficient (Wildman–Crippen LogP) is 3.70. The molecule has 4 heteroatoms. The second-order valence-corrected chi connectivity index (χ2v) is 7.62. The van der Waals surface area contributed by atoms with Crippen LogP contribution in [-0.2, 0) is 19.9 Å². The van der Waals surface area contributed by atoms with E-state index in [1.165, 1.54) is 28.7 Å². The van der Waals surface area contributed by atoms with Gasteiger partial charge in [0.1, 0.15) is 0 Å². The van der Waals surface area contributed by atoms with E-state index in [1.807, 2.05) is 0 Å². The van der Waals surface area contributed by atoms with Crippen molar-refractivity contribution in [2.45, 2.75) is 59.4 Å². The first-order valence-corrected chi connectivity index (χ1v) is 8.60. The average molecular weight is 342 g/mol. The average Bonchev–Trinajstić information content (AvgIpc) is 3.20. The lowest BCUT2D eigenvalue weighted by Crippen LogP contribution is -2.39. The Bertz CT molecular complexity index is 463. The van der Waals surface area contributed by atoms with Crippen molar-refractivity contribution in [1.29, 1.82) is 0 Å². The normalized spacial score (nSPS) is 18.6. The summed E-state index contributed by atoms with van der Waals surface area (Å²) >= 11 is 3.76. The molecule has 0 spiro atoms. The molecule has 0 amide bonds. The Hall–Kier alpha value is -0.350. The third kappa shape index (κ3) is 3.45. The van der Waals surface area contributed by atoms with Gasteiger partial charge in [0.25, 0.3) is 0 Å². The zero-order valence-corrected chi connectivity index (χ0v) is 15.0. The first-order valence-electron chi connectivity index (χ1n) is 7.81. The van der Waals surface area contributed by atoms with E-state index in [9.17, 15) is 0 Å². The van der Waals surface area contributed by atoms with Crippen LogP contribution < -0.4 is 5.32 Å². The van der Waals surface area contributed by atoms with Crippen LogP contribution in [0.4, 0.5) is 0 Å². The highest BCUT2D eigenvalue weighted by Gasteiger charge is 2.42. The predicted molar refractivity (Wildman–Crippen MR) is 88.0 cm³/mol. The molecule has 114 valence electrons. The van der Waals surface area contributed by atoms with Crippen LogP contribution >= 0.6 is 15.9 Å². The van der Waals surface area contributed by atoms with Crippen molar-refractivity contribution in [3.8, 4) is 0 Å². The molecule has 0 aromatic carbocycles. The van der Waals surface area contributed by atoms with Crippen LogP contribution in [0.2, 0.25) is 0 Å². The lowest BCUT2D eigenvalue weighted by molar-refractivity contribution is 0.243. The smallest absolute Gasteiger partial charge is 0.0766 e. The molecule has 20 heavy (non-hydrogen) atoms. The van der Waals surface area contributed by atoms with E-state index >= 15 is 0 Å². The van der Waals surface area contributed by atoms with Crippen LogP contribution in [-0.4, -0.2) is 22.4 Å².